The molecule has 2 heterocycles. The van der Waals surface area contributed by atoms with Gasteiger partial charge in [-0.1, -0.05) is 30.3 Å². The van der Waals surface area contributed by atoms with Crippen molar-refractivity contribution in [2.75, 3.05) is 33.4 Å². The molecular weight excluding hydrogens is 420 g/mol. The number of ether oxygens (including phenoxy) is 2. The third kappa shape index (κ3) is 3.79. The van der Waals surface area contributed by atoms with E-state index in [4.69, 9.17) is 9.47 Å². The molecule has 1 N–H and O–H groups in total. The van der Waals surface area contributed by atoms with E-state index in [2.05, 4.69) is 5.32 Å². The minimum absolute atomic E-state index is 0.112. The number of methoxy groups -OCH3 is 1. The topological polar surface area (TPSA) is 84.9 Å². The maximum atomic E-state index is 13.3. The molecule has 1 atom stereocenters. The van der Waals surface area contributed by atoms with Gasteiger partial charge in [0.25, 0.3) is 11.8 Å². The lowest BCUT2D eigenvalue weighted by Crippen LogP contribution is -2.41. The van der Waals surface area contributed by atoms with Crippen molar-refractivity contribution in [3.8, 4) is 0 Å². The van der Waals surface area contributed by atoms with Crippen LogP contribution in [0.2, 0.25) is 0 Å². The number of nitrogens with one attached hydrogen (secondary N) is 1. The smallest absolute Gasteiger partial charge is 0.337 e. The van der Waals surface area contributed by atoms with E-state index in [1.807, 2.05) is 36.4 Å². The van der Waals surface area contributed by atoms with Crippen molar-refractivity contribution >= 4 is 28.6 Å². The summed E-state index contributed by atoms with van der Waals surface area (Å²) in [5, 5.41) is 4.93. The Kier molecular flexibility index (Phi) is 5.66. The fraction of sp³-hybridized carbons (Fsp3) is 0.269. The highest BCUT2D eigenvalue weighted by Crippen LogP contribution is 2.35. The number of rotatable bonds is 5. The van der Waals surface area contributed by atoms with Crippen molar-refractivity contribution in [1.29, 1.82) is 0 Å². The molecule has 7 nitrogen and oxygen atoms in total. The van der Waals surface area contributed by atoms with Crippen LogP contribution in [0.25, 0.3) is 10.8 Å². The van der Waals surface area contributed by atoms with Gasteiger partial charge < -0.3 is 14.8 Å². The van der Waals surface area contributed by atoms with Crippen molar-refractivity contribution < 1.29 is 23.9 Å². The summed E-state index contributed by atoms with van der Waals surface area (Å²) in [7, 11) is 1.34. The second-order valence-corrected chi connectivity index (χ2v) is 8.19. The standard InChI is InChI=1S/C26H24N2O5/c1-32-26(31)17-7-5-16(6-8-17)11-13-28-24(29)20-4-2-3-19-18(22-15-27-12-14-33-22)9-10-21(23(19)20)25(28)30/h2-10,22,27H,11-15H2,1H3. The Labute approximate surface area is 191 Å². The Bertz CT molecular complexity index is 1220. The van der Waals surface area contributed by atoms with Gasteiger partial charge in [0, 0.05) is 36.1 Å². The first-order chi connectivity index (χ1) is 16.1. The Morgan fingerprint density at radius 2 is 1.82 bits per heavy atom. The number of hydrogen-bond donors (Lipinski definition) is 1. The zero-order valence-corrected chi connectivity index (χ0v) is 18.3. The van der Waals surface area contributed by atoms with Crippen LogP contribution in [0.4, 0.5) is 0 Å². The quantitative estimate of drug-likeness (QED) is 0.481. The molecule has 0 aromatic heterocycles. The van der Waals surface area contributed by atoms with Crippen molar-refractivity contribution in [3.63, 3.8) is 0 Å². The minimum Gasteiger partial charge on any atom is -0.465 e. The van der Waals surface area contributed by atoms with Crippen LogP contribution in [0.3, 0.4) is 0 Å². The SMILES string of the molecule is COC(=O)c1ccc(CCN2C(=O)c3cccc4c(C5CNCCO5)ccc(c34)C2=O)cc1. The number of amides is 2. The lowest BCUT2D eigenvalue weighted by molar-refractivity contribution is 0.0285. The molecular formula is C26H24N2O5. The molecule has 33 heavy (non-hydrogen) atoms. The van der Waals surface area contributed by atoms with E-state index in [-0.39, 0.29) is 24.5 Å². The average Bonchev–Trinajstić information content (AvgIpc) is 2.87. The molecule has 3 aromatic rings. The first-order valence-electron chi connectivity index (χ1n) is 11.0. The predicted molar refractivity (Wildman–Crippen MR) is 122 cm³/mol. The summed E-state index contributed by atoms with van der Waals surface area (Å²) in [6, 6.07) is 16.3. The molecule has 3 aromatic carbocycles. The van der Waals surface area contributed by atoms with Crippen LogP contribution in [0.5, 0.6) is 0 Å². The third-order valence-corrected chi connectivity index (χ3v) is 6.30. The van der Waals surface area contributed by atoms with Crippen LogP contribution in [0.1, 0.15) is 48.3 Å². The molecule has 2 amide bonds. The summed E-state index contributed by atoms with van der Waals surface area (Å²) >= 11 is 0. The van der Waals surface area contributed by atoms with Crippen LogP contribution in [0, 0.1) is 0 Å². The zero-order chi connectivity index (χ0) is 22.9. The van der Waals surface area contributed by atoms with Crippen LogP contribution in [0.15, 0.2) is 54.6 Å². The highest BCUT2D eigenvalue weighted by Gasteiger charge is 2.34. The van der Waals surface area contributed by atoms with Crippen molar-refractivity contribution in [1.82, 2.24) is 10.2 Å². The van der Waals surface area contributed by atoms with E-state index >= 15 is 0 Å². The van der Waals surface area contributed by atoms with Gasteiger partial charge in [0.1, 0.15) is 0 Å². The molecule has 1 fully saturated rings. The number of esters is 1. The first-order valence-corrected chi connectivity index (χ1v) is 11.0. The summed E-state index contributed by atoms with van der Waals surface area (Å²) in [5.41, 5.74) is 3.44. The zero-order valence-electron chi connectivity index (χ0n) is 18.3. The Hall–Kier alpha value is -3.55. The highest BCUT2D eigenvalue weighted by molar-refractivity contribution is 6.25. The lowest BCUT2D eigenvalue weighted by Gasteiger charge is -2.30. The number of morpholine rings is 1. The van der Waals surface area contributed by atoms with E-state index in [9.17, 15) is 14.4 Å². The van der Waals surface area contributed by atoms with E-state index in [0.29, 0.717) is 41.6 Å². The predicted octanol–water partition coefficient (Wildman–Crippen LogP) is 3.13. The maximum absolute atomic E-state index is 13.3. The second-order valence-electron chi connectivity index (χ2n) is 8.19. The van der Waals surface area contributed by atoms with Gasteiger partial charge in [-0.3, -0.25) is 14.5 Å². The van der Waals surface area contributed by atoms with Crippen molar-refractivity contribution in [2.24, 2.45) is 0 Å². The van der Waals surface area contributed by atoms with Crippen LogP contribution >= 0.6 is 0 Å². The molecule has 168 valence electrons. The summed E-state index contributed by atoms with van der Waals surface area (Å²) in [6.07, 6.45) is 0.378. The highest BCUT2D eigenvalue weighted by atomic mass is 16.5. The van der Waals surface area contributed by atoms with E-state index in [1.54, 1.807) is 18.2 Å². The van der Waals surface area contributed by atoms with E-state index in [0.717, 1.165) is 23.1 Å². The van der Waals surface area contributed by atoms with E-state index in [1.165, 1.54) is 12.0 Å². The molecule has 0 radical (unpaired) electrons. The van der Waals surface area contributed by atoms with Crippen LogP contribution in [-0.2, 0) is 15.9 Å². The number of imide groups is 1. The van der Waals surface area contributed by atoms with Gasteiger partial charge in [0.05, 0.1) is 25.4 Å². The fourth-order valence-corrected chi connectivity index (χ4v) is 4.58. The molecule has 0 bridgehead atoms. The number of benzene rings is 3. The van der Waals surface area contributed by atoms with Gasteiger partial charge >= 0.3 is 5.97 Å². The summed E-state index contributed by atoms with van der Waals surface area (Å²) in [6.45, 7) is 2.39. The number of carbonyl (C=O) groups is 3. The Balaban J connectivity index is 1.42. The average molecular weight is 444 g/mol. The van der Waals surface area contributed by atoms with Crippen LogP contribution in [-0.4, -0.2) is 56.0 Å². The largest absolute Gasteiger partial charge is 0.465 e. The monoisotopic (exact) mass is 444 g/mol. The molecule has 0 aliphatic carbocycles. The van der Waals surface area contributed by atoms with Gasteiger partial charge in [-0.25, -0.2) is 4.79 Å². The molecule has 5 rings (SSSR count). The normalized spacial score (nSPS) is 18.0. The molecule has 0 saturated carbocycles. The molecule has 2 aliphatic rings. The van der Waals surface area contributed by atoms with Gasteiger partial charge in [-0.15, -0.1) is 0 Å². The van der Waals surface area contributed by atoms with Gasteiger partial charge in [-0.2, -0.15) is 0 Å². The van der Waals surface area contributed by atoms with Crippen molar-refractivity contribution in [3.05, 3.63) is 82.4 Å². The summed E-state index contributed by atoms with van der Waals surface area (Å²) in [5.74, 6) is -0.977. The number of carbonyl (C=O) groups excluding carboxylic acids is 3. The molecule has 0 spiro atoms. The molecule has 2 aliphatic heterocycles. The first kappa shape index (κ1) is 21.3. The summed E-state index contributed by atoms with van der Waals surface area (Å²) in [4.78, 5) is 39.5. The fourth-order valence-electron chi connectivity index (χ4n) is 4.58. The lowest BCUT2D eigenvalue weighted by atomic mass is 9.89. The number of nitrogens with zero attached hydrogens (tertiary/aromatic N) is 1. The van der Waals surface area contributed by atoms with Gasteiger partial charge in [0.15, 0.2) is 0 Å². The van der Waals surface area contributed by atoms with E-state index < -0.39 is 5.97 Å². The minimum atomic E-state index is -0.401. The molecule has 1 saturated heterocycles. The molecule has 1 unspecified atom stereocenters. The second kappa shape index (κ2) is 8.77. The van der Waals surface area contributed by atoms with Crippen LogP contribution < -0.4 is 5.32 Å². The summed E-state index contributed by atoms with van der Waals surface area (Å²) < 4.78 is 10.6. The van der Waals surface area contributed by atoms with Gasteiger partial charge in [-0.05, 0) is 47.2 Å². The van der Waals surface area contributed by atoms with Crippen molar-refractivity contribution in [2.45, 2.75) is 12.5 Å². The van der Waals surface area contributed by atoms with Gasteiger partial charge in [0.2, 0.25) is 0 Å². The Morgan fingerprint density at radius 3 is 2.52 bits per heavy atom. The third-order valence-electron chi connectivity index (χ3n) is 6.30. The maximum Gasteiger partial charge on any atom is 0.337 e. The number of hydrogen-bond acceptors (Lipinski definition) is 6. The molecule has 7 heteroatoms. The Morgan fingerprint density at radius 1 is 1.06 bits per heavy atom.